The monoisotopic (exact) mass is 607 g/mol. The Balaban J connectivity index is 0.00000405. The molecule has 228 valence electrons. The molecular weight excluding hydrogens is 574 g/mol. The lowest BCUT2D eigenvalue weighted by atomic mass is 9.72. The molecule has 0 aromatic heterocycles. The molecule has 1 saturated heterocycles. The van der Waals surface area contributed by atoms with Crippen LogP contribution >= 0.6 is 12.4 Å². The van der Waals surface area contributed by atoms with Crippen molar-refractivity contribution in [1.82, 2.24) is 4.90 Å². The number of methoxy groups -OCH3 is 1. The largest absolute Gasteiger partial charge is 0.507 e. The number of nitrogens with zero attached hydrogens (tertiary/aromatic N) is 1. The normalized spacial score (nSPS) is 28.4. The van der Waals surface area contributed by atoms with Crippen molar-refractivity contribution < 1.29 is 54.1 Å². The van der Waals surface area contributed by atoms with E-state index in [-0.39, 0.29) is 52.9 Å². The SMILES string of the molecule is COc1cccc2c1C(=O)c1c(O)c3c(c(O)c1C2=O)C[C@@](O)(C(=O)CO)C[C@@H]3O[C@H]1C[C@H](N(C)C)[C@H](O)[C@H](C)O1.Cl. The predicted molar refractivity (Wildman–Crippen MR) is 149 cm³/mol. The third kappa shape index (κ3) is 4.86. The Hall–Kier alpha value is -3.10. The number of hydrogen-bond acceptors (Lipinski definition) is 12. The molecule has 0 amide bonds. The quantitative estimate of drug-likeness (QED) is 0.251. The van der Waals surface area contributed by atoms with E-state index in [9.17, 15) is 39.9 Å². The van der Waals surface area contributed by atoms with E-state index in [1.165, 1.54) is 25.3 Å². The number of rotatable bonds is 6. The molecule has 0 unspecified atom stereocenters. The number of phenols is 2. The summed E-state index contributed by atoms with van der Waals surface area (Å²) in [6.45, 7) is 0.651. The zero-order valence-corrected chi connectivity index (χ0v) is 24.3. The Bertz CT molecular complexity index is 1440. The van der Waals surface area contributed by atoms with Gasteiger partial charge in [-0.15, -0.1) is 12.4 Å². The second-order valence-corrected chi connectivity index (χ2v) is 11.0. The van der Waals surface area contributed by atoms with Crippen LogP contribution in [-0.4, -0.2) is 106 Å². The first-order valence-corrected chi connectivity index (χ1v) is 13.2. The summed E-state index contributed by atoms with van der Waals surface area (Å²) in [4.78, 5) is 41.8. The molecule has 0 saturated carbocycles. The molecule has 6 atom stereocenters. The van der Waals surface area contributed by atoms with Crippen LogP contribution in [-0.2, 0) is 20.7 Å². The van der Waals surface area contributed by atoms with Crippen molar-refractivity contribution in [3.8, 4) is 17.2 Å². The summed E-state index contributed by atoms with van der Waals surface area (Å²) in [6, 6.07) is 4.02. The predicted octanol–water partition coefficient (Wildman–Crippen LogP) is 1.03. The summed E-state index contributed by atoms with van der Waals surface area (Å²) < 4.78 is 17.3. The van der Waals surface area contributed by atoms with Crippen LogP contribution in [0.25, 0.3) is 0 Å². The molecule has 13 heteroatoms. The molecule has 2 aromatic rings. The number of carbonyl (C=O) groups is 3. The number of aliphatic hydroxyl groups is 3. The minimum Gasteiger partial charge on any atom is -0.507 e. The van der Waals surface area contributed by atoms with E-state index in [2.05, 4.69) is 0 Å². The highest BCUT2D eigenvalue weighted by Gasteiger charge is 2.50. The second-order valence-electron chi connectivity index (χ2n) is 11.0. The van der Waals surface area contributed by atoms with Crippen molar-refractivity contribution >= 4 is 29.8 Å². The van der Waals surface area contributed by atoms with Gasteiger partial charge in [-0.05, 0) is 27.1 Å². The van der Waals surface area contributed by atoms with Gasteiger partial charge in [-0.3, -0.25) is 14.4 Å². The Kier molecular flexibility index (Phi) is 8.74. The number of ketones is 3. The van der Waals surface area contributed by atoms with E-state index >= 15 is 0 Å². The Morgan fingerprint density at radius 1 is 1.12 bits per heavy atom. The maximum atomic E-state index is 13.7. The van der Waals surface area contributed by atoms with Crippen LogP contribution in [0.15, 0.2) is 18.2 Å². The molecular formula is C29H34ClNO11. The fraction of sp³-hybridized carbons (Fsp3) is 0.483. The first-order chi connectivity index (χ1) is 19.3. The third-order valence-corrected chi connectivity index (χ3v) is 8.39. The average Bonchev–Trinajstić information content (AvgIpc) is 2.94. The number of halogens is 1. The number of benzene rings is 2. The fourth-order valence-corrected chi connectivity index (χ4v) is 6.21. The number of fused-ring (bicyclic) bond motifs is 3. The van der Waals surface area contributed by atoms with Crippen molar-refractivity contribution in [2.75, 3.05) is 27.8 Å². The Labute approximate surface area is 247 Å². The molecule has 1 heterocycles. The zero-order chi connectivity index (χ0) is 30.0. The minimum atomic E-state index is -2.23. The summed E-state index contributed by atoms with van der Waals surface area (Å²) in [5, 5.41) is 54.5. The topological polar surface area (TPSA) is 183 Å². The second kappa shape index (κ2) is 11.5. The smallest absolute Gasteiger partial charge is 0.202 e. The Morgan fingerprint density at radius 3 is 2.40 bits per heavy atom. The third-order valence-electron chi connectivity index (χ3n) is 8.39. The average molecular weight is 608 g/mol. The summed E-state index contributed by atoms with van der Waals surface area (Å²) in [5.41, 5.74) is -3.51. The molecule has 5 rings (SSSR count). The van der Waals surface area contributed by atoms with Crippen LogP contribution in [0.1, 0.15) is 68.8 Å². The van der Waals surface area contributed by atoms with Crippen LogP contribution in [0.4, 0.5) is 0 Å². The number of hydrogen-bond donors (Lipinski definition) is 5. The lowest BCUT2D eigenvalue weighted by molar-refractivity contribution is -0.256. The molecule has 1 aliphatic heterocycles. The number of carbonyl (C=O) groups excluding carboxylic acids is 3. The number of phenolic OH excluding ortho intramolecular Hbond substituents is 2. The first kappa shape index (κ1) is 31.8. The number of likely N-dealkylation sites (N-methyl/N-ethyl adjacent to an activating group) is 1. The number of Topliss-reactive ketones (excluding diaryl/α,β-unsaturated/α-hetero) is 1. The summed E-state index contributed by atoms with van der Waals surface area (Å²) in [7, 11) is 4.89. The molecule has 0 bridgehead atoms. The van der Waals surface area contributed by atoms with E-state index in [0.717, 1.165) is 0 Å². The lowest BCUT2D eigenvalue weighted by Gasteiger charge is -2.44. The highest BCUT2D eigenvalue weighted by atomic mass is 35.5. The zero-order valence-electron chi connectivity index (χ0n) is 23.5. The number of aromatic hydroxyl groups is 2. The summed E-state index contributed by atoms with van der Waals surface area (Å²) >= 11 is 0. The van der Waals surface area contributed by atoms with E-state index in [0.29, 0.717) is 0 Å². The summed E-state index contributed by atoms with van der Waals surface area (Å²) in [6.07, 6.45) is -4.61. The van der Waals surface area contributed by atoms with Gasteiger partial charge in [-0.1, -0.05) is 12.1 Å². The van der Waals surface area contributed by atoms with Crippen LogP contribution in [0.5, 0.6) is 17.2 Å². The lowest BCUT2D eigenvalue weighted by Crippen LogP contribution is -2.54. The van der Waals surface area contributed by atoms with Crippen LogP contribution < -0.4 is 4.74 Å². The van der Waals surface area contributed by atoms with Gasteiger partial charge in [-0.25, -0.2) is 0 Å². The highest BCUT2D eigenvalue weighted by Crippen LogP contribution is 2.52. The maximum absolute atomic E-state index is 13.7. The van der Waals surface area contributed by atoms with Gasteiger partial charge in [0.05, 0.1) is 42.1 Å². The molecule has 0 spiro atoms. The van der Waals surface area contributed by atoms with Crippen molar-refractivity contribution in [3.63, 3.8) is 0 Å². The highest BCUT2D eigenvalue weighted by molar-refractivity contribution is 6.31. The van der Waals surface area contributed by atoms with Crippen molar-refractivity contribution in [2.45, 2.75) is 62.4 Å². The Morgan fingerprint density at radius 2 is 1.79 bits per heavy atom. The van der Waals surface area contributed by atoms with E-state index in [1.807, 2.05) is 0 Å². The number of aliphatic hydroxyl groups excluding tert-OH is 2. The molecule has 1 fully saturated rings. The minimum absolute atomic E-state index is 0. The number of ether oxygens (including phenoxy) is 3. The molecule has 42 heavy (non-hydrogen) atoms. The maximum Gasteiger partial charge on any atom is 0.202 e. The van der Waals surface area contributed by atoms with Crippen molar-refractivity contribution in [1.29, 1.82) is 0 Å². The van der Waals surface area contributed by atoms with Gasteiger partial charge in [0, 0.05) is 42.0 Å². The van der Waals surface area contributed by atoms with Gasteiger partial charge in [-0.2, -0.15) is 0 Å². The first-order valence-electron chi connectivity index (χ1n) is 13.2. The standard InChI is InChI=1S/C29H33NO11.ClH/c1-12-24(33)15(30(2)3)8-19(40-12)41-17-10-29(38,18(32)11-31)9-14-21(17)28(37)23-22(26(14)35)25(34)13-6-5-7-16(39-4)20(13)27(23)36;/h5-7,12,15,17,19,24,31,33,35,37-38H,8-11H2,1-4H3;1H/t12-,15-,17-,19-,24+,29-;/m0./s1. The van der Waals surface area contributed by atoms with E-state index < -0.39 is 89.6 Å². The van der Waals surface area contributed by atoms with Gasteiger partial charge in [0.25, 0.3) is 0 Å². The molecule has 2 aliphatic carbocycles. The van der Waals surface area contributed by atoms with Crippen LogP contribution in [0.3, 0.4) is 0 Å². The van der Waals surface area contributed by atoms with Gasteiger partial charge >= 0.3 is 0 Å². The van der Waals surface area contributed by atoms with Gasteiger partial charge in [0.1, 0.15) is 29.5 Å². The van der Waals surface area contributed by atoms with Crippen LogP contribution in [0, 0.1) is 0 Å². The fourth-order valence-electron chi connectivity index (χ4n) is 6.21. The molecule has 2 aromatic carbocycles. The molecule has 12 nitrogen and oxygen atoms in total. The van der Waals surface area contributed by atoms with Gasteiger partial charge < -0.3 is 44.6 Å². The van der Waals surface area contributed by atoms with Gasteiger partial charge in [0.15, 0.2) is 17.9 Å². The summed E-state index contributed by atoms with van der Waals surface area (Å²) in [5.74, 6) is -3.68. The van der Waals surface area contributed by atoms with E-state index in [4.69, 9.17) is 14.2 Å². The van der Waals surface area contributed by atoms with Crippen molar-refractivity contribution in [2.24, 2.45) is 0 Å². The van der Waals surface area contributed by atoms with E-state index in [1.54, 1.807) is 25.9 Å². The molecule has 3 aliphatic rings. The molecule has 0 radical (unpaired) electrons. The van der Waals surface area contributed by atoms with Crippen LogP contribution in [0.2, 0.25) is 0 Å². The van der Waals surface area contributed by atoms with Crippen molar-refractivity contribution in [3.05, 3.63) is 51.6 Å². The molecule has 5 N–H and O–H groups in total. The van der Waals surface area contributed by atoms with Gasteiger partial charge in [0.2, 0.25) is 5.78 Å².